The van der Waals surface area contributed by atoms with Gasteiger partial charge in [-0.2, -0.15) is 0 Å². The molecule has 0 spiro atoms. The third kappa shape index (κ3) is 3.74. The summed E-state index contributed by atoms with van der Waals surface area (Å²) in [6, 6.07) is 14.6. The Balaban J connectivity index is 1.34. The Morgan fingerprint density at radius 3 is 2.61 bits per heavy atom. The first kappa shape index (κ1) is 19.9. The van der Waals surface area contributed by atoms with Crippen molar-refractivity contribution in [2.24, 2.45) is 0 Å². The van der Waals surface area contributed by atoms with E-state index in [-0.39, 0.29) is 5.78 Å². The molecule has 1 aliphatic carbocycles. The summed E-state index contributed by atoms with van der Waals surface area (Å²) < 4.78 is 7.52. The van der Waals surface area contributed by atoms with Crippen LogP contribution in [-0.4, -0.2) is 46.5 Å². The quantitative estimate of drug-likeness (QED) is 0.519. The zero-order valence-corrected chi connectivity index (χ0v) is 18.5. The van der Waals surface area contributed by atoms with Crippen LogP contribution in [0, 0.1) is 6.92 Å². The summed E-state index contributed by atoms with van der Waals surface area (Å²) in [5, 5.41) is 3.47. The van der Waals surface area contributed by atoms with Gasteiger partial charge in [-0.1, -0.05) is 12.1 Å². The van der Waals surface area contributed by atoms with Crippen molar-refractivity contribution >= 4 is 28.6 Å². The van der Waals surface area contributed by atoms with Gasteiger partial charge in [0.05, 0.1) is 18.9 Å². The van der Waals surface area contributed by atoms with Crippen molar-refractivity contribution < 1.29 is 9.53 Å². The molecule has 0 radical (unpaired) electrons. The van der Waals surface area contributed by atoms with Crippen LogP contribution < -0.4 is 10.2 Å². The number of aryl methyl sites for hydroxylation is 1. The number of imidazole rings is 1. The van der Waals surface area contributed by atoms with Crippen LogP contribution in [0.15, 0.2) is 54.9 Å². The molecule has 3 heterocycles. The van der Waals surface area contributed by atoms with E-state index in [4.69, 9.17) is 9.72 Å². The second-order valence-electron chi connectivity index (χ2n) is 8.71. The molecule has 1 fully saturated rings. The molecule has 0 bridgehead atoms. The summed E-state index contributed by atoms with van der Waals surface area (Å²) in [6.45, 7) is 5.40. The molecule has 0 atom stereocenters. The van der Waals surface area contributed by atoms with Gasteiger partial charge in [0.15, 0.2) is 11.5 Å². The number of aromatic nitrogens is 3. The number of hydrogen-bond donors (Lipinski definition) is 1. The maximum atomic E-state index is 11.9. The second kappa shape index (κ2) is 8.01. The predicted molar refractivity (Wildman–Crippen MR) is 128 cm³/mol. The molecule has 1 saturated heterocycles. The first-order valence-electron chi connectivity index (χ1n) is 11.3. The molecule has 4 aromatic rings. The number of fused-ring (bicyclic) bond motifs is 2. The molecule has 2 aliphatic rings. The molecule has 0 unspecified atom stereocenters. The number of nitrogens with zero attached hydrogens (tertiary/aromatic N) is 4. The minimum atomic E-state index is 0.277. The second-order valence-corrected chi connectivity index (χ2v) is 8.71. The van der Waals surface area contributed by atoms with Gasteiger partial charge in [0.2, 0.25) is 0 Å². The molecule has 0 saturated carbocycles. The number of carbonyl (C=O) groups is 1. The molecular weight excluding hydrogens is 414 g/mol. The lowest BCUT2D eigenvalue weighted by molar-refractivity contribution is -0.117. The Bertz CT molecular complexity index is 1350. The van der Waals surface area contributed by atoms with Crippen LogP contribution in [0.5, 0.6) is 0 Å². The number of Topliss-reactive ketones (excluding diaryl/α,β-unsaturated/α-hetero) is 1. The Morgan fingerprint density at radius 2 is 1.79 bits per heavy atom. The third-order valence-electron chi connectivity index (χ3n) is 6.46. The molecule has 1 aliphatic heterocycles. The van der Waals surface area contributed by atoms with Crippen LogP contribution in [0.1, 0.15) is 16.8 Å². The normalized spacial score (nSPS) is 15.8. The van der Waals surface area contributed by atoms with Crippen LogP contribution in [-0.2, 0) is 22.4 Å². The van der Waals surface area contributed by atoms with Crippen LogP contribution in [0.2, 0.25) is 0 Å². The highest BCUT2D eigenvalue weighted by atomic mass is 16.5. The van der Waals surface area contributed by atoms with Crippen molar-refractivity contribution in [3.05, 3.63) is 71.7 Å². The van der Waals surface area contributed by atoms with E-state index >= 15 is 0 Å². The van der Waals surface area contributed by atoms with Crippen LogP contribution in [0.25, 0.3) is 16.9 Å². The molecule has 6 rings (SSSR count). The SMILES string of the molecule is Cc1cnc2c(Nc3ccc(N4CCOCC4)cc3)nc(-c3ccc4c(c3)CC(=O)C4)cn12. The van der Waals surface area contributed by atoms with E-state index in [1.165, 1.54) is 5.69 Å². The lowest BCUT2D eigenvalue weighted by Gasteiger charge is -2.28. The number of anilines is 3. The number of benzene rings is 2. The van der Waals surface area contributed by atoms with Crippen molar-refractivity contribution in [1.82, 2.24) is 14.4 Å². The largest absolute Gasteiger partial charge is 0.378 e. The van der Waals surface area contributed by atoms with Crippen molar-refractivity contribution in [2.45, 2.75) is 19.8 Å². The van der Waals surface area contributed by atoms with Gasteiger partial charge in [-0.15, -0.1) is 0 Å². The molecular formula is C26H25N5O2. The first-order chi connectivity index (χ1) is 16.1. The van der Waals surface area contributed by atoms with E-state index in [0.717, 1.165) is 65.7 Å². The number of carbonyl (C=O) groups excluding carboxylic acids is 1. The molecule has 0 amide bonds. The van der Waals surface area contributed by atoms with E-state index < -0.39 is 0 Å². The maximum absolute atomic E-state index is 11.9. The molecule has 2 aromatic carbocycles. The summed E-state index contributed by atoms with van der Waals surface area (Å²) in [4.78, 5) is 23.7. The monoisotopic (exact) mass is 439 g/mol. The average Bonchev–Trinajstić information content (AvgIpc) is 3.41. The van der Waals surface area contributed by atoms with Gasteiger partial charge in [-0.05, 0) is 48.4 Å². The molecule has 7 nitrogen and oxygen atoms in total. The minimum Gasteiger partial charge on any atom is -0.378 e. The van der Waals surface area contributed by atoms with Crippen molar-refractivity contribution in [3.8, 4) is 11.3 Å². The Kier molecular flexibility index (Phi) is 4.84. The van der Waals surface area contributed by atoms with Gasteiger partial charge in [0.25, 0.3) is 0 Å². The highest BCUT2D eigenvalue weighted by molar-refractivity contribution is 5.88. The summed E-state index contributed by atoms with van der Waals surface area (Å²) in [5.41, 5.74) is 8.05. The van der Waals surface area contributed by atoms with Gasteiger partial charge < -0.3 is 15.0 Å². The number of nitrogens with one attached hydrogen (secondary N) is 1. The third-order valence-corrected chi connectivity index (χ3v) is 6.46. The van der Waals surface area contributed by atoms with Gasteiger partial charge in [0, 0.05) is 61.0 Å². The predicted octanol–water partition coefficient (Wildman–Crippen LogP) is 3.95. The standard InChI is InChI=1S/C26H25N5O2/c1-17-15-27-26-25(28-21-4-6-22(7-5-21)30-8-10-33-11-9-30)29-24(16-31(17)26)19-3-2-18-13-23(32)14-20(18)12-19/h2-7,12,15-16H,8-11,13-14H2,1H3,(H,28,29). The Hall–Kier alpha value is -3.71. The average molecular weight is 440 g/mol. The molecule has 7 heteroatoms. The lowest BCUT2D eigenvalue weighted by atomic mass is 10.0. The Morgan fingerprint density at radius 1 is 1.00 bits per heavy atom. The van der Waals surface area contributed by atoms with E-state index in [0.29, 0.717) is 18.7 Å². The summed E-state index contributed by atoms with van der Waals surface area (Å²) >= 11 is 0. The molecule has 1 N–H and O–H groups in total. The summed E-state index contributed by atoms with van der Waals surface area (Å²) in [6.07, 6.45) is 4.92. The fraction of sp³-hybridized carbons (Fsp3) is 0.269. The van der Waals surface area contributed by atoms with Crippen LogP contribution >= 0.6 is 0 Å². The smallest absolute Gasteiger partial charge is 0.180 e. The fourth-order valence-electron chi connectivity index (χ4n) is 4.65. The topological polar surface area (TPSA) is 71.8 Å². The Labute approximate surface area is 192 Å². The first-order valence-corrected chi connectivity index (χ1v) is 11.3. The fourth-order valence-corrected chi connectivity index (χ4v) is 4.65. The van der Waals surface area contributed by atoms with Gasteiger partial charge in [-0.25, -0.2) is 9.97 Å². The highest BCUT2D eigenvalue weighted by Gasteiger charge is 2.20. The number of ether oxygens (including phenoxy) is 1. The molecule has 166 valence electrons. The van der Waals surface area contributed by atoms with Crippen molar-refractivity contribution in [2.75, 3.05) is 36.5 Å². The van der Waals surface area contributed by atoms with E-state index in [1.54, 1.807) is 0 Å². The summed E-state index contributed by atoms with van der Waals surface area (Å²) in [7, 11) is 0. The number of morpholine rings is 1. The number of ketones is 1. The lowest BCUT2D eigenvalue weighted by Crippen LogP contribution is -2.36. The molecule has 2 aromatic heterocycles. The van der Waals surface area contributed by atoms with E-state index in [9.17, 15) is 4.79 Å². The van der Waals surface area contributed by atoms with Gasteiger partial charge in [-0.3, -0.25) is 9.20 Å². The minimum absolute atomic E-state index is 0.277. The highest BCUT2D eigenvalue weighted by Crippen LogP contribution is 2.29. The number of rotatable bonds is 4. The maximum Gasteiger partial charge on any atom is 0.180 e. The van der Waals surface area contributed by atoms with Crippen molar-refractivity contribution in [3.63, 3.8) is 0 Å². The van der Waals surface area contributed by atoms with Gasteiger partial charge >= 0.3 is 0 Å². The zero-order chi connectivity index (χ0) is 22.4. The van der Waals surface area contributed by atoms with E-state index in [2.05, 4.69) is 62.1 Å². The van der Waals surface area contributed by atoms with E-state index in [1.807, 2.05) is 19.3 Å². The molecule has 33 heavy (non-hydrogen) atoms. The van der Waals surface area contributed by atoms with Gasteiger partial charge in [0.1, 0.15) is 5.78 Å². The number of hydrogen-bond acceptors (Lipinski definition) is 6. The van der Waals surface area contributed by atoms with Crippen LogP contribution in [0.4, 0.5) is 17.2 Å². The van der Waals surface area contributed by atoms with Crippen molar-refractivity contribution in [1.29, 1.82) is 0 Å². The summed E-state index contributed by atoms with van der Waals surface area (Å²) in [5.74, 6) is 0.982. The zero-order valence-electron chi connectivity index (χ0n) is 18.5. The van der Waals surface area contributed by atoms with Crippen LogP contribution in [0.3, 0.4) is 0 Å².